The number of hydrogen-bond acceptors (Lipinski definition) is 3. The summed E-state index contributed by atoms with van der Waals surface area (Å²) in [6.07, 6.45) is 10.0. The Morgan fingerprint density at radius 3 is 2.89 bits per heavy atom. The van der Waals surface area contributed by atoms with Crippen LogP contribution in [0.5, 0.6) is 0 Å². The lowest BCUT2D eigenvalue weighted by molar-refractivity contribution is 0.0697. The number of hydrogen-bond donors (Lipinski definition) is 1. The fourth-order valence-corrected chi connectivity index (χ4v) is 4.94. The number of carboxylic acid groups (broad SMARTS) is 1. The molecule has 27 heavy (non-hydrogen) atoms. The highest BCUT2D eigenvalue weighted by molar-refractivity contribution is 5.98. The predicted octanol–water partition coefficient (Wildman–Crippen LogP) is 4.95. The quantitative estimate of drug-likeness (QED) is 0.820. The van der Waals surface area contributed by atoms with Crippen molar-refractivity contribution >= 4 is 28.8 Å². The maximum absolute atomic E-state index is 11.6. The van der Waals surface area contributed by atoms with Gasteiger partial charge in [-0.25, -0.2) is 4.79 Å². The minimum absolute atomic E-state index is 0.338. The summed E-state index contributed by atoms with van der Waals surface area (Å²) < 4.78 is 8.31. The number of nitrogens with zero attached hydrogens (tertiary/aromatic N) is 2. The van der Waals surface area contributed by atoms with Crippen LogP contribution in [0.1, 0.15) is 72.5 Å². The Hall–Kier alpha value is -2.56. The van der Waals surface area contributed by atoms with Crippen molar-refractivity contribution in [2.75, 3.05) is 6.61 Å². The van der Waals surface area contributed by atoms with Crippen LogP contribution in [-0.4, -0.2) is 28.5 Å². The molecule has 1 saturated carbocycles. The van der Waals surface area contributed by atoms with E-state index >= 15 is 0 Å². The minimum Gasteiger partial charge on any atom is -0.494 e. The van der Waals surface area contributed by atoms with E-state index in [-0.39, 0.29) is 0 Å². The molecular weight excluding hydrogens is 340 g/mol. The zero-order valence-corrected chi connectivity index (χ0v) is 15.4. The van der Waals surface area contributed by atoms with E-state index in [0.29, 0.717) is 18.1 Å². The van der Waals surface area contributed by atoms with Crippen molar-refractivity contribution in [1.82, 2.24) is 4.57 Å². The second-order valence-electron chi connectivity index (χ2n) is 7.76. The van der Waals surface area contributed by atoms with Crippen LogP contribution in [0.25, 0.3) is 16.6 Å². The summed E-state index contributed by atoms with van der Waals surface area (Å²) in [7, 11) is 0. The second-order valence-corrected chi connectivity index (χ2v) is 7.76. The third kappa shape index (κ3) is 2.68. The SMILES string of the molecule is O=C(O)c1ccc2c(C3CCCCC3)c3n(c2c1)CCOC1=C3N=CCC1. The molecule has 2 aliphatic heterocycles. The van der Waals surface area contributed by atoms with E-state index in [1.807, 2.05) is 18.3 Å². The molecular formula is C22H24N2O3. The molecule has 1 aromatic carbocycles. The number of carbonyl (C=O) groups is 1. The van der Waals surface area contributed by atoms with Gasteiger partial charge in [-0.1, -0.05) is 25.3 Å². The van der Waals surface area contributed by atoms with E-state index in [1.54, 1.807) is 6.07 Å². The summed E-state index contributed by atoms with van der Waals surface area (Å²) in [4.78, 5) is 16.3. The molecule has 1 N–H and O–H groups in total. The van der Waals surface area contributed by atoms with Crippen molar-refractivity contribution in [2.45, 2.75) is 57.4 Å². The van der Waals surface area contributed by atoms with E-state index in [9.17, 15) is 9.90 Å². The molecule has 0 radical (unpaired) electrons. The third-order valence-corrected chi connectivity index (χ3v) is 6.16. The largest absolute Gasteiger partial charge is 0.494 e. The number of rotatable bonds is 2. The van der Waals surface area contributed by atoms with Crippen molar-refractivity contribution in [2.24, 2.45) is 4.99 Å². The molecule has 0 spiro atoms. The molecule has 1 aliphatic carbocycles. The molecule has 0 unspecified atom stereocenters. The zero-order chi connectivity index (χ0) is 18.4. The Balaban J connectivity index is 1.81. The number of carboxylic acids is 1. The van der Waals surface area contributed by atoms with Gasteiger partial charge in [0.2, 0.25) is 0 Å². The highest BCUT2D eigenvalue weighted by atomic mass is 16.5. The van der Waals surface area contributed by atoms with Gasteiger partial charge in [-0.2, -0.15) is 0 Å². The fourth-order valence-electron chi connectivity index (χ4n) is 4.94. The molecule has 2 aromatic rings. The monoisotopic (exact) mass is 364 g/mol. The number of benzene rings is 1. The second kappa shape index (κ2) is 6.55. The van der Waals surface area contributed by atoms with Crippen molar-refractivity contribution in [1.29, 1.82) is 0 Å². The Labute approximate surface area is 158 Å². The number of aromatic carboxylic acids is 1. The maximum Gasteiger partial charge on any atom is 0.335 e. The van der Waals surface area contributed by atoms with Gasteiger partial charge in [0.05, 0.1) is 17.8 Å². The van der Waals surface area contributed by atoms with Crippen molar-refractivity contribution < 1.29 is 14.6 Å². The van der Waals surface area contributed by atoms with Gasteiger partial charge in [-0.05, 0) is 42.9 Å². The van der Waals surface area contributed by atoms with E-state index in [4.69, 9.17) is 9.73 Å². The fraction of sp³-hybridized carbons (Fsp3) is 0.455. The van der Waals surface area contributed by atoms with Gasteiger partial charge in [0.25, 0.3) is 0 Å². The van der Waals surface area contributed by atoms with Gasteiger partial charge in [0, 0.05) is 23.5 Å². The Kier molecular flexibility index (Phi) is 4.03. The summed E-state index contributed by atoms with van der Waals surface area (Å²) in [5.74, 6) is 0.624. The average Bonchev–Trinajstić information content (AvgIpc) is 2.90. The van der Waals surface area contributed by atoms with Crippen LogP contribution in [0.15, 0.2) is 29.0 Å². The van der Waals surface area contributed by atoms with Crippen LogP contribution in [0.3, 0.4) is 0 Å². The predicted molar refractivity (Wildman–Crippen MR) is 105 cm³/mol. The molecule has 1 fully saturated rings. The first-order chi connectivity index (χ1) is 13.2. The maximum atomic E-state index is 11.6. The molecule has 0 bridgehead atoms. The van der Waals surface area contributed by atoms with Crippen LogP contribution < -0.4 is 0 Å². The van der Waals surface area contributed by atoms with Gasteiger partial charge in [0.1, 0.15) is 18.1 Å². The van der Waals surface area contributed by atoms with Crippen LogP contribution in [0.4, 0.5) is 0 Å². The average molecular weight is 364 g/mol. The van der Waals surface area contributed by atoms with E-state index in [1.165, 1.54) is 48.7 Å². The van der Waals surface area contributed by atoms with E-state index < -0.39 is 5.97 Å². The molecule has 0 atom stereocenters. The summed E-state index contributed by atoms with van der Waals surface area (Å²) in [5, 5.41) is 10.7. The molecule has 0 saturated heterocycles. The highest BCUT2D eigenvalue weighted by Crippen LogP contribution is 2.45. The standard InChI is InChI=1S/C22H24N2O3/c25-22(26)15-8-9-16-17(13-15)24-11-12-27-18-7-4-10-23-20(18)21(24)19(16)14-5-2-1-3-6-14/h8-10,13-14H,1-7,11-12H2,(H,25,26). The molecule has 5 heteroatoms. The lowest BCUT2D eigenvalue weighted by Gasteiger charge is -2.24. The van der Waals surface area contributed by atoms with E-state index in [0.717, 1.165) is 36.4 Å². The number of ether oxygens (including phenoxy) is 1. The molecule has 1 aromatic heterocycles. The van der Waals surface area contributed by atoms with Crippen molar-refractivity contribution in [3.05, 3.63) is 40.8 Å². The number of fused-ring (bicyclic) bond motifs is 4. The first-order valence-corrected chi connectivity index (χ1v) is 10.0. The molecule has 5 rings (SSSR count). The first kappa shape index (κ1) is 16.6. The number of allylic oxidation sites excluding steroid dienone is 1. The molecule has 140 valence electrons. The van der Waals surface area contributed by atoms with Gasteiger partial charge < -0.3 is 14.4 Å². The van der Waals surface area contributed by atoms with Gasteiger partial charge >= 0.3 is 5.97 Å². The van der Waals surface area contributed by atoms with E-state index in [2.05, 4.69) is 4.57 Å². The Morgan fingerprint density at radius 1 is 1.22 bits per heavy atom. The molecule has 3 aliphatic rings. The molecule has 0 amide bonds. The zero-order valence-electron chi connectivity index (χ0n) is 15.4. The van der Waals surface area contributed by atoms with Crippen LogP contribution in [0, 0.1) is 0 Å². The molecule has 5 nitrogen and oxygen atoms in total. The van der Waals surface area contributed by atoms with Crippen molar-refractivity contribution in [3.63, 3.8) is 0 Å². The highest BCUT2D eigenvalue weighted by Gasteiger charge is 2.31. The topological polar surface area (TPSA) is 63.8 Å². The van der Waals surface area contributed by atoms with Crippen molar-refractivity contribution in [3.8, 4) is 0 Å². The van der Waals surface area contributed by atoms with Gasteiger partial charge in [-0.15, -0.1) is 0 Å². The smallest absolute Gasteiger partial charge is 0.335 e. The lowest BCUT2D eigenvalue weighted by Crippen LogP contribution is -2.09. The number of aromatic nitrogens is 1. The first-order valence-electron chi connectivity index (χ1n) is 10.0. The summed E-state index contributed by atoms with van der Waals surface area (Å²) in [6.45, 7) is 1.33. The van der Waals surface area contributed by atoms with Gasteiger partial charge in [-0.3, -0.25) is 4.99 Å². The minimum atomic E-state index is -0.882. The number of aliphatic imine (C=N–C) groups is 1. The summed E-state index contributed by atoms with van der Waals surface area (Å²) >= 11 is 0. The van der Waals surface area contributed by atoms with Gasteiger partial charge in [0.15, 0.2) is 0 Å². The Bertz CT molecular complexity index is 977. The lowest BCUT2D eigenvalue weighted by atomic mass is 9.82. The van der Waals surface area contributed by atoms with Crippen LogP contribution in [0.2, 0.25) is 0 Å². The molecule has 3 heterocycles. The third-order valence-electron chi connectivity index (χ3n) is 6.16. The normalized spacial score (nSPS) is 20.1. The summed E-state index contributed by atoms with van der Waals surface area (Å²) in [6, 6.07) is 5.58. The van der Waals surface area contributed by atoms with Crippen LogP contribution in [-0.2, 0) is 11.3 Å². The summed E-state index contributed by atoms with van der Waals surface area (Å²) in [5.41, 5.74) is 4.84. The van der Waals surface area contributed by atoms with Crippen LogP contribution >= 0.6 is 0 Å². The Morgan fingerprint density at radius 2 is 2.07 bits per heavy atom.